The van der Waals surface area contributed by atoms with Gasteiger partial charge in [0, 0.05) is 49.4 Å². The molecule has 0 radical (unpaired) electrons. The van der Waals surface area contributed by atoms with Crippen LogP contribution in [0.15, 0.2) is 61.6 Å². The van der Waals surface area contributed by atoms with Crippen molar-refractivity contribution in [3.63, 3.8) is 0 Å². The van der Waals surface area contributed by atoms with Crippen LogP contribution in [0.3, 0.4) is 0 Å². The van der Waals surface area contributed by atoms with Crippen LogP contribution in [0.5, 0.6) is 5.75 Å². The van der Waals surface area contributed by atoms with Crippen molar-refractivity contribution in [1.29, 1.82) is 0 Å². The van der Waals surface area contributed by atoms with Crippen LogP contribution in [0.25, 0.3) is 11.3 Å². The van der Waals surface area contributed by atoms with E-state index in [4.69, 9.17) is 4.74 Å². The van der Waals surface area contributed by atoms with Crippen molar-refractivity contribution in [2.24, 2.45) is 0 Å². The van der Waals surface area contributed by atoms with E-state index in [2.05, 4.69) is 44.4 Å². The van der Waals surface area contributed by atoms with Gasteiger partial charge in [-0.05, 0) is 29.8 Å². The first-order valence-corrected chi connectivity index (χ1v) is 10.3. The molecular formula is C24H28N6O2. The lowest BCUT2D eigenvalue weighted by Crippen LogP contribution is -2.18. The van der Waals surface area contributed by atoms with Gasteiger partial charge in [-0.2, -0.15) is 0 Å². The summed E-state index contributed by atoms with van der Waals surface area (Å²) in [4.78, 5) is 25.0. The zero-order valence-corrected chi connectivity index (χ0v) is 18.6. The summed E-state index contributed by atoms with van der Waals surface area (Å²) in [5.41, 5.74) is 3.26. The maximum Gasteiger partial charge on any atom is 0.251 e. The fraction of sp³-hybridized carbons (Fsp3) is 0.250. The Morgan fingerprint density at radius 2 is 1.97 bits per heavy atom. The second-order valence-corrected chi connectivity index (χ2v) is 7.21. The second-order valence-electron chi connectivity index (χ2n) is 7.21. The number of methoxy groups -OCH3 is 1. The predicted octanol–water partition coefficient (Wildman–Crippen LogP) is 3.72. The lowest BCUT2D eigenvalue weighted by molar-refractivity contribution is 0.0962. The summed E-state index contributed by atoms with van der Waals surface area (Å²) in [5.74, 6) is 2.16. The molecule has 0 aliphatic heterocycles. The molecule has 0 saturated carbocycles. The monoisotopic (exact) mass is 432 g/mol. The third-order valence-corrected chi connectivity index (χ3v) is 5.00. The minimum Gasteiger partial charge on any atom is -0.496 e. The molecule has 32 heavy (non-hydrogen) atoms. The Morgan fingerprint density at radius 1 is 1.12 bits per heavy atom. The molecule has 3 aromatic rings. The molecular weight excluding hydrogens is 404 g/mol. The Labute approximate surface area is 188 Å². The van der Waals surface area contributed by atoms with Crippen molar-refractivity contribution >= 4 is 17.5 Å². The number of amides is 1. The quantitative estimate of drug-likeness (QED) is 0.420. The van der Waals surface area contributed by atoms with Gasteiger partial charge in [-0.15, -0.1) is 6.58 Å². The number of pyridine rings is 1. The average molecular weight is 433 g/mol. The van der Waals surface area contributed by atoms with Gasteiger partial charge in [0.2, 0.25) is 0 Å². The van der Waals surface area contributed by atoms with Crippen molar-refractivity contribution in [3.05, 3.63) is 72.7 Å². The number of carbonyl (C=O) groups is 1. The molecule has 1 aromatic carbocycles. The summed E-state index contributed by atoms with van der Waals surface area (Å²) in [7, 11) is 3.21. The van der Waals surface area contributed by atoms with Gasteiger partial charge < -0.3 is 20.7 Å². The number of nitrogens with zero attached hydrogens (tertiary/aromatic N) is 3. The Kier molecular flexibility index (Phi) is 7.75. The third-order valence-electron chi connectivity index (χ3n) is 5.00. The topological polar surface area (TPSA) is 101 Å². The molecule has 0 saturated heterocycles. The number of carbonyl (C=O) groups excluding carboxylic acids is 1. The van der Waals surface area contributed by atoms with Crippen LogP contribution in [0.2, 0.25) is 0 Å². The number of hydrogen-bond acceptors (Lipinski definition) is 7. The van der Waals surface area contributed by atoms with Gasteiger partial charge in [0.05, 0.1) is 12.8 Å². The van der Waals surface area contributed by atoms with E-state index < -0.39 is 0 Å². The highest BCUT2D eigenvalue weighted by Crippen LogP contribution is 2.28. The van der Waals surface area contributed by atoms with Crippen LogP contribution in [0.1, 0.15) is 28.8 Å². The van der Waals surface area contributed by atoms with Crippen LogP contribution >= 0.6 is 0 Å². The molecule has 0 aliphatic rings. The number of anilines is 2. The number of benzene rings is 1. The normalized spacial score (nSPS) is 11.3. The first kappa shape index (κ1) is 22.7. The molecule has 0 fully saturated rings. The van der Waals surface area contributed by atoms with E-state index in [1.807, 2.05) is 24.3 Å². The van der Waals surface area contributed by atoms with Crippen molar-refractivity contribution < 1.29 is 9.53 Å². The Morgan fingerprint density at radius 3 is 2.66 bits per heavy atom. The summed E-state index contributed by atoms with van der Waals surface area (Å²) in [6.45, 7) is 7.07. The highest BCUT2D eigenvalue weighted by Gasteiger charge is 2.15. The molecule has 0 unspecified atom stereocenters. The molecule has 2 heterocycles. The highest BCUT2D eigenvalue weighted by atomic mass is 16.5. The molecule has 8 nitrogen and oxygen atoms in total. The van der Waals surface area contributed by atoms with Crippen LogP contribution in [-0.4, -0.2) is 48.1 Å². The second kappa shape index (κ2) is 10.9. The summed E-state index contributed by atoms with van der Waals surface area (Å²) >= 11 is 0. The van der Waals surface area contributed by atoms with Crippen molar-refractivity contribution in [3.8, 4) is 17.0 Å². The zero-order valence-electron chi connectivity index (χ0n) is 18.6. The van der Waals surface area contributed by atoms with Crippen LogP contribution in [-0.2, 0) is 0 Å². The van der Waals surface area contributed by atoms with E-state index >= 15 is 0 Å². The van der Waals surface area contributed by atoms with Gasteiger partial charge in [0.25, 0.3) is 5.91 Å². The van der Waals surface area contributed by atoms with Crippen LogP contribution in [0, 0.1) is 0 Å². The van der Waals surface area contributed by atoms with Crippen molar-refractivity contribution in [2.45, 2.75) is 12.8 Å². The third kappa shape index (κ3) is 5.60. The first-order chi connectivity index (χ1) is 15.5. The molecule has 3 N–H and O–H groups in total. The van der Waals surface area contributed by atoms with E-state index in [0.717, 1.165) is 28.5 Å². The number of nitrogens with one attached hydrogen (secondary N) is 3. The largest absolute Gasteiger partial charge is 0.496 e. The van der Waals surface area contributed by atoms with Crippen molar-refractivity contribution in [2.75, 3.05) is 37.9 Å². The minimum absolute atomic E-state index is 0.124. The minimum atomic E-state index is -0.145. The summed E-state index contributed by atoms with van der Waals surface area (Å²) in [5, 5.41) is 9.14. The Bertz CT molecular complexity index is 1070. The SMILES string of the molecule is C=CCNc1ccc(-c2cc(NC[C@@H](C)c3ccc(C(=O)NC)cc3OC)ncn2)cn1. The number of hydrogen-bond donors (Lipinski definition) is 3. The highest BCUT2D eigenvalue weighted by molar-refractivity contribution is 5.94. The number of rotatable bonds is 10. The summed E-state index contributed by atoms with van der Waals surface area (Å²) < 4.78 is 5.51. The van der Waals surface area contributed by atoms with Crippen molar-refractivity contribution in [1.82, 2.24) is 20.3 Å². The zero-order chi connectivity index (χ0) is 22.9. The van der Waals surface area contributed by atoms with E-state index in [0.29, 0.717) is 24.4 Å². The lowest BCUT2D eigenvalue weighted by Gasteiger charge is -2.17. The predicted molar refractivity (Wildman–Crippen MR) is 127 cm³/mol. The van der Waals surface area contributed by atoms with Gasteiger partial charge in [0.1, 0.15) is 23.7 Å². The molecule has 0 spiro atoms. The summed E-state index contributed by atoms with van der Waals surface area (Å²) in [6.07, 6.45) is 5.09. The van der Waals surface area contributed by atoms with E-state index in [1.165, 1.54) is 6.33 Å². The lowest BCUT2D eigenvalue weighted by atomic mass is 9.98. The van der Waals surface area contributed by atoms with E-state index in [-0.39, 0.29) is 11.8 Å². The van der Waals surface area contributed by atoms with Gasteiger partial charge >= 0.3 is 0 Å². The maximum absolute atomic E-state index is 11.9. The maximum atomic E-state index is 11.9. The van der Waals surface area contributed by atoms with Gasteiger partial charge in [-0.25, -0.2) is 15.0 Å². The fourth-order valence-corrected chi connectivity index (χ4v) is 3.21. The van der Waals surface area contributed by atoms with E-state index in [1.54, 1.807) is 38.6 Å². The molecule has 0 aliphatic carbocycles. The Hall–Kier alpha value is -3.94. The molecule has 2 aromatic heterocycles. The molecule has 1 atom stereocenters. The molecule has 166 valence electrons. The van der Waals surface area contributed by atoms with Crippen LogP contribution < -0.4 is 20.7 Å². The summed E-state index contributed by atoms with van der Waals surface area (Å²) in [6, 6.07) is 11.3. The van der Waals surface area contributed by atoms with Crippen LogP contribution in [0.4, 0.5) is 11.6 Å². The fourth-order valence-electron chi connectivity index (χ4n) is 3.21. The smallest absolute Gasteiger partial charge is 0.251 e. The van der Waals surface area contributed by atoms with E-state index in [9.17, 15) is 4.79 Å². The number of aromatic nitrogens is 3. The van der Waals surface area contributed by atoms with Gasteiger partial charge in [-0.1, -0.05) is 19.1 Å². The van der Waals surface area contributed by atoms with Gasteiger partial charge in [0.15, 0.2) is 0 Å². The average Bonchev–Trinajstić information content (AvgIpc) is 2.85. The Balaban J connectivity index is 1.68. The molecule has 3 rings (SSSR count). The molecule has 8 heteroatoms. The molecule has 1 amide bonds. The first-order valence-electron chi connectivity index (χ1n) is 10.3. The number of ether oxygens (including phenoxy) is 1. The van der Waals surface area contributed by atoms with Gasteiger partial charge in [-0.3, -0.25) is 4.79 Å². The standard InChI is InChI=1S/C24H28N6O2/c1-5-10-26-22-9-7-18(14-28-22)20-12-23(30-15-29-20)27-13-16(2)19-8-6-17(24(31)25-3)11-21(19)32-4/h5-9,11-12,14-16H,1,10,13H2,2-4H3,(H,25,31)(H,26,28)(H,27,29,30)/t16-/m1/s1. The molecule has 0 bridgehead atoms.